The smallest absolute Gasteiger partial charge is 0.326 e. The standard InChI is InChI=1S/C15H19N3O3/c1-21-10-14(19)17-8-6-11(7-9-17)18-13-5-3-2-4-12(13)16-15(18)20/h2-5,11H,6-10H2,1H3,(H,16,20). The average Bonchev–Trinajstić information content (AvgIpc) is 2.83. The van der Waals surface area contributed by atoms with Gasteiger partial charge in [0, 0.05) is 26.2 Å². The Morgan fingerprint density at radius 3 is 2.76 bits per heavy atom. The molecule has 21 heavy (non-hydrogen) atoms. The van der Waals surface area contributed by atoms with Crippen LogP contribution in [0.5, 0.6) is 0 Å². The lowest BCUT2D eigenvalue weighted by atomic mass is 10.0. The first-order chi connectivity index (χ1) is 10.2. The second-order valence-corrected chi connectivity index (χ2v) is 5.36. The number of hydrogen-bond acceptors (Lipinski definition) is 3. The Hall–Kier alpha value is -2.08. The third-order valence-corrected chi connectivity index (χ3v) is 4.07. The molecule has 1 aliphatic rings. The number of hydrogen-bond donors (Lipinski definition) is 1. The van der Waals surface area contributed by atoms with Gasteiger partial charge in [-0.25, -0.2) is 4.79 Å². The van der Waals surface area contributed by atoms with Gasteiger partial charge in [-0.2, -0.15) is 0 Å². The molecule has 1 aromatic heterocycles. The summed E-state index contributed by atoms with van der Waals surface area (Å²) in [6.07, 6.45) is 1.58. The minimum atomic E-state index is -0.0714. The number of amides is 1. The van der Waals surface area contributed by atoms with Gasteiger partial charge < -0.3 is 14.6 Å². The van der Waals surface area contributed by atoms with Crippen molar-refractivity contribution in [1.29, 1.82) is 0 Å². The van der Waals surface area contributed by atoms with Gasteiger partial charge in [-0.3, -0.25) is 9.36 Å². The molecule has 2 aromatic rings. The Labute approximate surface area is 122 Å². The van der Waals surface area contributed by atoms with E-state index in [0.29, 0.717) is 13.1 Å². The van der Waals surface area contributed by atoms with Gasteiger partial charge >= 0.3 is 5.69 Å². The van der Waals surface area contributed by atoms with E-state index >= 15 is 0 Å². The monoisotopic (exact) mass is 289 g/mol. The highest BCUT2D eigenvalue weighted by molar-refractivity contribution is 5.77. The van der Waals surface area contributed by atoms with Crippen LogP contribution in [-0.4, -0.2) is 47.2 Å². The number of rotatable bonds is 3. The van der Waals surface area contributed by atoms with E-state index < -0.39 is 0 Å². The summed E-state index contributed by atoms with van der Waals surface area (Å²) in [5.74, 6) is 0.0159. The fourth-order valence-electron chi connectivity index (χ4n) is 3.02. The lowest BCUT2D eigenvalue weighted by molar-refractivity contribution is -0.136. The lowest BCUT2D eigenvalue weighted by Gasteiger charge is -2.32. The van der Waals surface area contributed by atoms with Crippen LogP contribution in [0.3, 0.4) is 0 Å². The zero-order valence-corrected chi connectivity index (χ0v) is 12.0. The molecule has 6 heteroatoms. The molecule has 1 aromatic carbocycles. The van der Waals surface area contributed by atoms with Crippen LogP contribution in [0.15, 0.2) is 29.1 Å². The van der Waals surface area contributed by atoms with E-state index in [1.165, 1.54) is 7.11 Å². The molecule has 1 fully saturated rings. The Bertz CT molecular complexity index is 695. The molecule has 2 heterocycles. The van der Waals surface area contributed by atoms with Gasteiger partial charge in [0.2, 0.25) is 5.91 Å². The SMILES string of the molecule is COCC(=O)N1CCC(n2c(=O)[nH]c3ccccc32)CC1. The molecule has 3 rings (SSSR count). The number of carbonyl (C=O) groups excluding carboxylic acids is 1. The normalized spacial score (nSPS) is 16.5. The number of aromatic nitrogens is 2. The van der Waals surface area contributed by atoms with E-state index in [4.69, 9.17) is 4.74 Å². The van der Waals surface area contributed by atoms with Crippen molar-refractivity contribution in [3.8, 4) is 0 Å². The number of H-pyrrole nitrogens is 1. The van der Waals surface area contributed by atoms with Crippen molar-refractivity contribution in [3.05, 3.63) is 34.7 Å². The quantitative estimate of drug-likeness (QED) is 0.921. The van der Waals surface area contributed by atoms with E-state index in [2.05, 4.69) is 4.98 Å². The van der Waals surface area contributed by atoms with Crippen molar-refractivity contribution in [2.45, 2.75) is 18.9 Å². The van der Waals surface area contributed by atoms with E-state index in [0.717, 1.165) is 23.9 Å². The summed E-state index contributed by atoms with van der Waals surface area (Å²) < 4.78 is 6.71. The van der Waals surface area contributed by atoms with Gasteiger partial charge in [0.1, 0.15) is 6.61 Å². The van der Waals surface area contributed by atoms with E-state index in [1.807, 2.05) is 28.8 Å². The minimum Gasteiger partial charge on any atom is -0.375 e. The molecule has 0 bridgehead atoms. The number of piperidine rings is 1. The number of aromatic amines is 1. The predicted molar refractivity (Wildman–Crippen MR) is 79.3 cm³/mol. The summed E-state index contributed by atoms with van der Waals surface area (Å²) >= 11 is 0. The highest BCUT2D eigenvalue weighted by atomic mass is 16.5. The fraction of sp³-hybridized carbons (Fsp3) is 0.467. The van der Waals surface area contributed by atoms with Crippen molar-refractivity contribution < 1.29 is 9.53 Å². The van der Waals surface area contributed by atoms with Crippen molar-refractivity contribution in [2.75, 3.05) is 26.8 Å². The summed E-state index contributed by atoms with van der Waals surface area (Å²) in [5, 5.41) is 0. The van der Waals surface area contributed by atoms with E-state index in [1.54, 1.807) is 4.90 Å². The maximum absolute atomic E-state index is 12.2. The predicted octanol–water partition coefficient (Wildman–Crippen LogP) is 1.14. The number of likely N-dealkylation sites (tertiary alicyclic amines) is 1. The minimum absolute atomic E-state index is 0.0159. The highest BCUT2D eigenvalue weighted by Crippen LogP contribution is 2.24. The van der Waals surface area contributed by atoms with Crippen LogP contribution in [0.1, 0.15) is 18.9 Å². The Morgan fingerprint density at radius 1 is 1.33 bits per heavy atom. The summed E-state index contributed by atoms with van der Waals surface area (Å²) in [7, 11) is 1.52. The fourth-order valence-corrected chi connectivity index (χ4v) is 3.02. The molecule has 1 amide bonds. The number of nitrogens with zero attached hydrogens (tertiary/aromatic N) is 2. The van der Waals surface area contributed by atoms with Gasteiger partial charge in [-0.05, 0) is 25.0 Å². The molecule has 1 N–H and O–H groups in total. The molecule has 0 atom stereocenters. The third kappa shape index (κ3) is 2.58. The van der Waals surface area contributed by atoms with Crippen LogP contribution >= 0.6 is 0 Å². The van der Waals surface area contributed by atoms with E-state index in [9.17, 15) is 9.59 Å². The van der Waals surface area contributed by atoms with Crippen LogP contribution < -0.4 is 5.69 Å². The average molecular weight is 289 g/mol. The van der Waals surface area contributed by atoms with Crippen LogP contribution in [-0.2, 0) is 9.53 Å². The molecular formula is C15H19N3O3. The number of fused-ring (bicyclic) bond motifs is 1. The molecule has 0 unspecified atom stereocenters. The number of methoxy groups -OCH3 is 1. The first-order valence-corrected chi connectivity index (χ1v) is 7.16. The number of benzene rings is 1. The maximum Gasteiger partial charge on any atom is 0.326 e. The number of carbonyl (C=O) groups is 1. The van der Waals surface area contributed by atoms with Gasteiger partial charge in [0.15, 0.2) is 0 Å². The van der Waals surface area contributed by atoms with Crippen molar-refractivity contribution in [3.63, 3.8) is 0 Å². The molecular weight excluding hydrogens is 270 g/mol. The zero-order valence-electron chi connectivity index (χ0n) is 12.0. The Balaban J connectivity index is 1.79. The molecule has 6 nitrogen and oxygen atoms in total. The molecule has 1 aliphatic heterocycles. The van der Waals surface area contributed by atoms with Crippen molar-refractivity contribution in [2.24, 2.45) is 0 Å². The van der Waals surface area contributed by atoms with Gasteiger partial charge in [-0.15, -0.1) is 0 Å². The number of nitrogens with one attached hydrogen (secondary N) is 1. The van der Waals surface area contributed by atoms with Crippen molar-refractivity contribution >= 4 is 16.9 Å². The van der Waals surface area contributed by atoms with Crippen LogP contribution in [0, 0.1) is 0 Å². The zero-order chi connectivity index (χ0) is 14.8. The second kappa shape index (κ2) is 5.73. The van der Waals surface area contributed by atoms with Crippen LogP contribution in [0.2, 0.25) is 0 Å². The van der Waals surface area contributed by atoms with Gasteiger partial charge in [0.25, 0.3) is 0 Å². The highest BCUT2D eigenvalue weighted by Gasteiger charge is 2.25. The van der Waals surface area contributed by atoms with Gasteiger partial charge in [-0.1, -0.05) is 12.1 Å². The topological polar surface area (TPSA) is 67.3 Å². The number of imidazole rings is 1. The van der Waals surface area contributed by atoms with Crippen LogP contribution in [0.4, 0.5) is 0 Å². The largest absolute Gasteiger partial charge is 0.375 e. The Kier molecular flexibility index (Phi) is 3.79. The van der Waals surface area contributed by atoms with Crippen LogP contribution in [0.25, 0.3) is 11.0 Å². The summed E-state index contributed by atoms with van der Waals surface area (Å²) in [6, 6.07) is 7.85. The molecule has 0 saturated carbocycles. The van der Waals surface area contributed by atoms with Crippen molar-refractivity contribution in [1.82, 2.24) is 14.5 Å². The summed E-state index contributed by atoms with van der Waals surface area (Å²) in [6.45, 7) is 1.45. The second-order valence-electron chi connectivity index (χ2n) is 5.36. The van der Waals surface area contributed by atoms with E-state index in [-0.39, 0.29) is 24.2 Å². The first-order valence-electron chi connectivity index (χ1n) is 7.16. The first kappa shape index (κ1) is 13.9. The molecule has 1 saturated heterocycles. The molecule has 0 aliphatic carbocycles. The molecule has 0 spiro atoms. The summed E-state index contributed by atoms with van der Waals surface area (Å²) in [5.41, 5.74) is 1.72. The maximum atomic E-state index is 12.2. The summed E-state index contributed by atoms with van der Waals surface area (Å²) in [4.78, 5) is 28.7. The third-order valence-electron chi connectivity index (χ3n) is 4.07. The van der Waals surface area contributed by atoms with Gasteiger partial charge in [0.05, 0.1) is 11.0 Å². The Morgan fingerprint density at radius 2 is 2.05 bits per heavy atom. The number of para-hydroxylation sites is 2. The molecule has 112 valence electrons. The molecule has 0 radical (unpaired) electrons. The lowest BCUT2D eigenvalue weighted by Crippen LogP contribution is -2.41. The number of ether oxygens (including phenoxy) is 1.